The molecule has 0 bridgehead atoms. The molecule has 3 rings (SSSR count). The number of aliphatic hydroxyl groups is 1. The van der Waals surface area contributed by atoms with Crippen LogP contribution in [0.3, 0.4) is 0 Å². The molecular weight excluding hydrogens is 432 g/mol. The Morgan fingerprint density at radius 2 is 1.58 bits per heavy atom. The molecule has 1 heterocycles. The van der Waals surface area contributed by atoms with Crippen LogP contribution in [0.4, 0.5) is 8.78 Å². The molecule has 0 aliphatic carbocycles. The SMILES string of the molecule is O=C([O-])CC(=O)CC(O)/C=C/C(=C(c1ccc(F)cc1)c1ccc(F)cc1)N1CCCC1=O. The fraction of sp³-hybridized carbons (Fsp3) is 0.240. The first-order valence-electron chi connectivity index (χ1n) is 10.4. The van der Waals surface area contributed by atoms with E-state index < -0.39 is 42.3 Å². The van der Waals surface area contributed by atoms with Gasteiger partial charge in [-0.25, -0.2) is 8.78 Å². The molecule has 1 atom stereocenters. The third-order valence-corrected chi connectivity index (χ3v) is 5.14. The Bertz CT molecular complexity index is 1040. The number of carbonyl (C=O) groups is 3. The van der Waals surface area contributed by atoms with Gasteiger partial charge in [0.1, 0.15) is 17.4 Å². The molecule has 1 unspecified atom stereocenters. The van der Waals surface area contributed by atoms with Crippen LogP contribution in [-0.2, 0) is 14.4 Å². The first-order valence-corrected chi connectivity index (χ1v) is 10.4. The van der Waals surface area contributed by atoms with Gasteiger partial charge in [-0.2, -0.15) is 0 Å². The van der Waals surface area contributed by atoms with Gasteiger partial charge in [0.15, 0.2) is 0 Å². The summed E-state index contributed by atoms with van der Waals surface area (Å²) < 4.78 is 27.2. The van der Waals surface area contributed by atoms with Crippen LogP contribution < -0.4 is 5.11 Å². The van der Waals surface area contributed by atoms with Crippen LogP contribution in [0.1, 0.15) is 36.8 Å². The molecule has 33 heavy (non-hydrogen) atoms. The molecule has 1 aliphatic rings. The number of likely N-dealkylation sites (tertiary alicyclic amines) is 1. The van der Waals surface area contributed by atoms with Gasteiger partial charge in [-0.05, 0) is 47.9 Å². The van der Waals surface area contributed by atoms with E-state index in [4.69, 9.17) is 0 Å². The minimum absolute atomic E-state index is 0.154. The molecular formula is C25H22F2NO5-. The number of hydrogen-bond donors (Lipinski definition) is 1. The van der Waals surface area contributed by atoms with E-state index in [9.17, 15) is 33.4 Å². The van der Waals surface area contributed by atoms with Crippen molar-refractivity contribution in [3.8, 4) is 0 Å². The lowest BCUT2D eigenvalue weighted by atomic mass is 9.94. The number of aliphatic hydroxyl groups excluding tert-OH is 1. The Hall–Kier alpha value is -3.65. The first-order chi connectivity index (χ1) is 15.7. The third-order valence-electron chi connectivity index (χ3n) is 5.14. The van der Waals surface area contributed by atoms with Crippen molar-refractivity contribution in [2.75, 3.05) is 6.54 Å². The van der Waals surface area contributed by atoms with E-state index in [1.165, 1.54) is 65.6 Å². The average molecular weight is 454 g/mol. The van der Waals surface area contributed by atoms with E-state index in [0.29, 0.717) is 41.8 Å². The molecule has 8 heteroatoms. The standard InChI is InChI=1S/C25H23F2NO5/c26-18-7-3-16(4-8-18)25(17-5-9-19(27)10-6-17)22(28-13-1-2-23(28)31)12-11-20(29)14-21(30)15-24(32)33/h3-12,20,29H,1-2,13-15H2,(H,32,33)/p-1/b12-11+. The maximum atomic E-state index is 13.6. The maximum absolute atomic E-state index is 13.6. The van der Waals surface area contributed by atoms with E-state index in [1.807, 2.05) is 0 Å². The Balaban J connectivity index is 2.10. The largest absolute Gasteiger partial charge is 0.550 e. The molecule has 1 aliphatic heterocycles. The zero-order valence-electron chi connectivity index (χ0n) is 17.7. The van der Waals surface area contributed by atoms with Crippen LogP contribution in [0.5, 0.6) is 0 Å². The van der Waals surface area contributed by atoms with Gasteiger partial charge in [-0.3, -0.25) is 9.59 Å². The minimum atomic E-state index is -1.53. The number of hydrogen-bond acceptors (Lipinski definition) is 5. The molecule has 1 N–H and O–H groups in total. The van der Waals surface area contributed by atoms with Gasteiger partial charge in [0.2, 0.25) is 5.91 Å². The quantitative estimate of drug-likeness (QED) is 0.464. The predicted molar refractivity (Wildman–Crippen MR) is 114 cm³/mol. The molecule has 0 aromatic heterocycles. The molecule has 0 spiro atoms. The van der Waals surface area contributed by atoms with Crippen LogP contribution in [0.25, 0.3) is 5.57 Å². The zero-order valence-corrected chi connectivity index (χ0v) is 17.7. The van der Waals surface area contributed by atoms with Crippen molar-refractivity contribution in [1.82, 2.24) is 4.90 Å². The monoisotopic (exact) mass is 454 g/mol. The van der Waals surface area contributed by atoms with Crippen LogP contribution in [0, 0.1) is 11.6 Å². The number of carboxylic acids is 1. The molecule has 1 saturated heterocycles. The van der Waals surface area contributed by atoms with E-state index in [2.05, 4.69) is 0 Å². The van der Waals surface area contributed by atoms with E-state index in [1.54, 1.807) is 0 Å². The number of carboxylic acid groups (broad SMARTS) is 1. The highest BCUT2D eigenvalue weighted by Gasteiger charge is 2.26. The summed E-state index contributed by atoms with van der Waals surface area (Å²) in [6.45, 7) is 0.407. The third kappa shape index (κ3) is 6.43. The molecule has 172 valence electrons. The highest BCUT2D eigenvalue weighted by Crippen LogP contribution is 2.32. The van der Waals surface area contributed by atoms with Crippen LogP contribution in [-0.4, -0.2) is 40.3 Å². The van der Waals surface area contributed by atoms with Crippen LogP contribution >= 0.6 is 0 Å². The lowest BCUT2D eigenvalue weighted by Gasteiger charge is -2.23. The summed E-state index contributed by atoms with van der Waals surface area (Å²) in [5, 5.41) is 20.8. The summed E-state index contributed by atoms with van der Waals surface area (Å²) >= 11 is 0. The lowest BCUT2D eigenvalue weighted by molar-refractivity contribution is -0.304. The van der Waals surface area contributed by atoms with Gasteiger partial charge in [0.25, 0.3) is 0 Å². The number of nitrogens with zero attached hydrogens (tertiary/aromatic N) is 1. The zero-order chi connectivity index (χ0) is 24.0. The molecule has 0 saturated carbocycles. The first kappa shape index (κ1) is 24.0. The second kappa shape index (κ2) is 10.8. The number of halogens is 2. The van der Waals surface area contributed by atoms with Gasteiger partial charge >= 0.3 is 0 Å². The van der Waals surface area contributed by atoms with Crippen molar-refractivity contribution < 1.29 is 33.4 Å². The van der Waals surface area contributed by atoms with Gasteiger partial charge in [0.05, 0.1) is 11.8 Å². The van der Waals surface area contributed by atoms with Crippen LogP contribution in [0.2, 0.25) is 0 Å². The highest BCUT2D eigenvalue weighted by molar-refractivity contribution is 5.94. The Kier molecular flexibility index (Phi) is 7.84. The number of ketones is 1. The van der Waals surface area contributed by atoms with Crippen molar-refractivity contribution in [3.05, 3.63) is 89.1 Å². The summed E-state index contributed by atoms with van der Waals surface area (Å²) in [5.41, 5.74) is 2.02. The molecule has 1 amide bonds. The molecule has 2 aromatic carbocycles. The topological polar surface area (TPSA) is 97.7 Å². The number of Topliss-reactive ketones (excluding diaryl/α,β-unsaturated/α-hetero) is 1. The Morgan fingerprint density at radius 1 is 1.03 bits per heavy atom. The Morgan fingerprint density at radius 3 is 2.03 bits per heavy atom. The normalized spacial score (nSPS) is 14.5. The number of benzene rings is 2. The second-order valence-corrected chi connectivity index (χ2v) is 7.64. The maximum Gasteiger partial charge on any atom is 0.227 e. The molecule has 1 fully saturated rings. The van der Waals surface area contributed by atoms with Crippen LogP contribution in [0.15, 0.2) is 66.4 Å². The number of allylic oxidation sites excluding steroid dienone is 1. The van der Waals surface area contributed by atoms with E-state index in [-0.39, 0.29) is 5.91 Å². The van der Waals surface area contributed by atoms with E-state index in [0.717, 1.165) is 0 Å². The Labute approximate surface area is 189 Å². The summed E-state index contributed by atoms with van der Waals surface area (Å²) in [7, 11) is 0. The second-order valence-electron chi connectivity index (χ2n) is 7.64. The molecule has 2 aromatic rings. The molecule has 6 nitrogen and oxygen atoms in total. The fourth-order valence-corrected chi connectivity index (χ4v) is 3.64. The smallest absolute Gasteiger partial charge is 0.227 e. The van der Waals surface area contributed by atoms with Crippen molar-refractivity contribution >= 4 is 23.2 Å². The lowest BCUT2D eigenvalue weighted by Crippen LogP contribution is -2.27. The minimum Gasteiger partial charge on any atom is -0.550 e. The number of aliphatic carboxylic acids is 1. The summed E-state index contributed by atoms with van der Waals surface area (Å²) in [6, 6.07) is 11.2. The summed E-state index contributed by atoms with van der Waals surface area (Å²) in [6.07, 6.45) is 1.16. The average Bonchev–Trinajstić information content (AvgIpc) is 3.18. The molecule has 0 radical (unpaired) electrons. The number of amides is 1. The predicted octanol–water partition coefficient (Wildman–Crippen LogP) is 2.36. The van der Waals surface area contributed by atoms with E-state index >= 15 is 0 Å². The van der Waals surface area contributed by atoms with Crippen molar-refractivity contribution in [2.24, 2.45) is 0 Å². The van der Waals surface area contributed by atoms with Gasteiger partial charge in [-0.15, -0.1) is 0 Å². The van der Waals surface area contributed by atoms with Gasteiger partial charge in [-0.1, -0.05) is 30.3 Å². The fourth-order valence-electron chi connectivity index (χ4n) is 3.64. The van der Waals surface area contributed by atoms with Crippen molar-refractivity contribution in [2.45, 2.75) is 31.8 Å². The van der Waals surface area contributed by atoms with Crippen molar-refractivity contribution in [1.29, 1.82) is 0 Å². The summed E-state index contributed by atoms with van der Waals surface area (Å²) in [4.78, 5) is 36.4. The van der Waals surface area contributed by atoms with Crippen molar-refractivity contribution in [3.63, 3.8) is 0 Å². The summed E-state index contributed by atoms with van der Waals surface area (Å²) in [5.74, 6) is -3.29. The van der Waals surface area contributed by atoms with Gasteiger partial charge < -0.3 is 19.9 Å². The highest BCUT2D eigenvalue weighted by atomic mass is 19.1. The van der Waals surface area contributed by atoms with Gasteiger partial charge in [0, 0.05) is 37.3 Å². The number of carbonyl (C=O) groups excluding carboxylic acids is 3. The number of rotatable bonds is 9.